The van der Waals surface area contributed by atoms with Crippen LogP contribution in [0.5, 0.6) is 0 Å². The third kappa shape index (κ3) is 3.49. The van der Waals surface area contributed by atoms with Crippen molar-refractivity contribution in [1.82, 2.24) is 9.97 Å². The van der Waals surface area contributed by atoms with Crippen molar-refractivity contribution in [3.63, 3.8) is 0 Å². The first-order valence-electron chi connectivity index (χ1n) is 5.61. The van der Waals surface area contributed by atoms with Gasteiger partial charge in [0, 0.05) is 6.04 Å². The number of anilines is 1. The van der Waals surface area contributed by atoms with Gasteiger partial charge in [-0.2, -0.15) is 0 Å². The Balaban J connectivity index is 2.14. The van der Waals surface area contributed by atoms with E-state index in [0.717, 1.165) is 11.3 Å². The summed E-state index contributed by atoms with van der Waals surface area (Å²) in [5.41, 5.74) is 1.74. The monoisotopic (exact) mass is 278 g/mol. The zero-order chi connectivity index (χ0) is 13.9. The predicted molar refractivity (Wildman–Crippen MR) is 71.9 cm³/mol. The topological polar surface area (TPSA) is 98.0 Å². The standard InChI is InChI=1S/C12H14N4O2S/c1-9(16-11-6-14-8-15-7-11)10-2-4-12(5-3-10)19(13,17)18/h2-9,16H,1H3,(H2,13,17,18). The third-order valence-electron chi connectivity index (χ3n) is 2.65. The number of nitrogens with two attached hydrogens (primary N) is 1. The van der Waals surface area contributed by atoms with E-state index in [1.54, 1.807) is 24.5 Å². The number of hydrogen-bond donors (Lipinski definition) is 2. The summed E-state index contributed by atoms with van der Waals surface area (Å²) in [6, 6.07) is 6.43. The average Bonchev–Trinajstić information content (AvgIpc) is 2.39. The lowest BCUT2D eigenvalue weighted by atomic mass is 10.1. The Kier molecular flexibility index (Phi) is 3.77. The van der Waals surface area contributed by atoms with E-state index in [1.165, 1.54) is 18.5 Å². The molecule has 1 aromatic carbocycles. The Bertz CT molecular complexity index is 641. The molecule has 7 heteroatoms. The van der Waals surface area contributed by atoms with Gasteiger partial charge in [-0.1, -0.05) is 12.1 Å². The molecule has 0 bridgehead atoms. The number of primary sulfonamides is 1. The molecule has 3 N–H and O–H groups in total. The lowest BCUT2D eigenvalue weighted by Gasteiger charge is -2.15. The number of hydrogen-bond acceptors (Lipinski definition) is 5. The van der Waals surface area contributed by atoms with E-state index in [-0.39, 0.29) is 10.9 Å². The molecular weight excluding hydrogens is 264 g/mol. The molecule has 0 aliphatic rings. The van der Waals surface area contributed by atoms with Crippen LogP contribution >= 0.6 is 0 Å². The molecule has 0 aliphatic carbocycles. The Morgan fingerprint density at radius 3 is 2.26 bits per heavy atom. The molecule has 19 heavy (non-hydrogen) atoms. The van der Waals surface area contributed by atoms with Crippen molar-refractivity contribution in [3.05, 3.63) is 48.5 Å². The van der Waals surface area contributed by atoms with Crippen LogP contribution < -0.4 is 10.5 Å². The largest absolute Gasteiger partial charge is 0.376 e. The minimum Gasteiger partial charge on any atom is -0.376 e. The maximum absolute atomic E-state index is 11.2. The van der Waals surface area contributed by atoms with Crippen LogP contribution in [0.1, 0.15) is 18.5 Å². The van der Waals surface area contributed by atoms with Crippen molar-refractivity contribution in [1.29, 1.82) is 0 Å². The van der Waals surface area contributed by atoms with Crippen molar-refractivity contribution >= 4 is 15.7 Å². The summed E-state index contributed by atoms with van der Waals surface area (Å²) in [5, 5.41) is 8.26. The number of nitrogens with one attached hydrogen (secondary N) is 1. The summed E-state index contributed by atoms with van der Waals surface area (Å²) < 4.78 is 22.3. The first-order valence-corrected chi connectivity index (χ1v) is 7.16. The van der Waals surface area contributed by atoms with Crippen LogP contribution in [-0.2, 0) is 10.0 Å². The molecule has 100 valence electrons. The van der Waals surface area contributed by atoms with Crippen LogP contribution in [0.3, 0.4) is 0 Å². The molecule has 0 radical (unpaired) electrons. The van der Waals surface area contributed by atoms with Crippen molar-refractivity contribution in [2.24, 2.45) is 5.14 Å². The van der Waals surface area contributed by atoms with Gasteiger partial charge in [-0.3, -0.25) is 0 Å². The average molecular weight is 278 g/mol. The van der Waals surface area contributed by atoms with Crippen LogP contribution in [0, 0.1) is 0 Å². The number of aromatic nitrogens is 2. The van der Waals surface area contributed by atoms with E-state index < -0.39 is 10.0 Å². The molecule has 0 amide bonds. The molecule has 0 aliphatic heterocycles. The van der Waals surface area contributed by atoms with Gasteiger partial charge in [-0.15, -0.1) is 0 Å². The Morgan fingerprint density at radius 1 is 1.16 bits per heavy atom. The van der Waals surface area contributed by atoms with Gasteiger partial charge in [-0.05, 0) is 24.6 Å². The van der Waals surface area contributed by atoms with Gasteiger partial charge in [0.25, 0.3) is 0 Å². The number of sulfonamides is 1. The van der Waals surface area contributed by atoms with E-state index in [0.29, 0.717) is 0 Å². The number of rotatable bonds is 4. The Morgan fingerprint density at radius 2 is 1.74 bits per heavy atom. The molecule has 0 saturated carbocycles. The van der Waals surface area contributed by atoms with Crippen LogP contribution in [-0.4, -0.2) is 18.4 Å². The molecule has 1 atom stereocenters. The summed E-state index contributed by atoms with van der Waals surface area (Å²) in [7, 11) is -3.64. The fraction of sp³-hybridized carbons (Fsp3) is 0.167. The summed E-state index contributed by atoms with van der Waals surface area (Å²) in [6.45, 7) is 1.96. The number of nitrogens with zero attached hydrogens (tertiary/aromatic N) is 2. The highest BCUT2D eigenvalue weighted by Crippen LogP contribution is 2.19. The maximum atomic E-state index is 11.2. The molecule has 2 aromatic rings. The van der Waals surface area contributed by atoms with Gasteiger partial charge in [0.05, 0.1) is 23.0 Å². The summed E-state index contributed by atoms with van der Waals surface area (Å²) in [6.07, 6.45) is 4.79. The summed E-state index contributed by atoms with van der Waals surface area (Å²) in [4.78, 5) is 7.92. The highest BCUT2D eigenvalue weighted by Gasteiger charge is 2.09. The molecule has 1 aromatic heterocycles. The van der Waals surface area contributed by atoms with E-state index in [2.05, 4.69) is 15.3 Å². The van der Waals surface area contributed by atoms with Crippen LogP contribution in [0.25, 0.3) is 0 Å². The van der Waals surface area contributed by atoms with Gasteiger partial charge in [0.2, 0.25) is 10.0 Å². The Hall–Kier alpha value is -1.99. The molecule has 0 spiro atoms. The highest BCUT2D eigenvalue weighted by molar-refractivity contribution is 7.89. The molecule has 1 heterocycles. The van der Waals surface area contributed by atoms with Gasteiger partial charge in [0.1, 0.15) is 6.33 Å². The molecule has 0 saturated heterocycles. The number of benzene rings is 1. The van der Waals surface area contributed by atoms with Crippen molar-refractivity contribution in [2.45, 2.75) is 17.9 Å². The minimum absolute atomic E-state index is 0.000489. The lowest BCUT2D eigenvalue weighted by Crippen LogP contribution is -2.12. The second-order valence-corrected chi connectivity index (χ2v) is 5.67. The SMILES string of the molecule is CC(Nc1cncnc1)c1ccc(S(N)(=O)=O)cc1. The molecule has 1 unspecified atom stereocenters. The van der Waals surface area contributed by atoms with E-state index >= 15 is 0 Å². The highest BCUT2D eigenvalue weighted by atomic mass is 32.2. The lowest BCUT2D eigenvalue weighted by molar-refractivity contribution is 0.597. The second kappa shape index (κ2) is 5.33. The van der Waals surface area contributed by atoms with Crippen LogP contribution in [0.2, 0.25) is 0 Å². The van der Waals surface area contributed by atoms with Crippen molar-refractivity contribution < 1.29 is 8.42 Å². The molecule has 2 rings (SSSR count). The van der Waals surface area contributed by atoms with Gasteiger partial charge < -0.3 is 5.32 Å². The molecular formula is C12H14N4O2S. The van der Waals surface area contributed by atoms with E-state index in [4.69, 9.17) is 5.14 Å². The van der Waals surface area contributed by atoms with Crippen LogP contribution in [0.15, 0.2) is 47.9 Å². The van der Waals surface area contributed by atoms with Gasteiger partial charge in [-0.25, -0.2) is 23.5 Å². The predicted octanol–water partition coefficient (Wildman–Crippen LogP) is 1.30. The first-order chi connectivity index (χ1) is 8.97. The molecule has 0 fully saturated rings. The maximum Gasteiger partial charge on any atom is 0.238 e. The third-order valence-corrected chi connectivity index (χ3v) is 3.58. The second-order valence-electron chi connectivity index (χ2n) is 4.11. The fourth-order valence-corrected chi connectivity index (χ4v) is 2.17. The molecule has 6 nitrogen and oxygen atoms in total. The Labute approximate surface area is 111 Å². The zero-order valence-electron chi connectivity index (χ0n) is 10.3. The van der Waals surface area contributed by atoms with Crippen LogP contribution in [0.4, 0.5) is 5.69 Å². The van der Waals surface area contributed by atoms with Crippen molar-refractivity contribution in [3.8, 4) is 0 Å². The smallest absolute Gasteiger partial charge is 0.238 e. The van der Waals surface area contributed by atoms with E-state index in [9.17, 15) is 8.42 Å². The fourth-order valence-electron chi connectivity index (χ4n) is 1.65. The minimum atomic E-state index is -3.64. The van der Waals surface area contributed by atoms with Crippen molar-refractivity contribution in [2.75, 3.05) is 5.32 Å². The first kappa shape index (κ1) is 13.4. The normalized spacial score (nSPS) is 12.9. The van der Waals surface area contributed by atoms with Gasteiger partial charge in [0.15, 0.2) is 0 Å². The van der Waals surface area contributed by atoms with Gasteiger partial charge >= 0.3 is 0 Å². The quantitative estimate of drug-likeness (QED) is 0.878. The summed E-state index contributed by atoms with van der Waals surface area (Å²) >= 11 is 0. The zero-order valence-corrected chi connectivity index (χ0v) is 11.1. The summed E-state index contributed by atoms with van der Waals surface area (Å²) in [5.74, 6) is 0. The van der Waals surface area contributed by atoms with E-state index in [1.807, 2.05) is 6.92 Å².